The number of carbonyl (C=O) groups is 1. The Morgan fingerprint density at radius 2 is 1.85 bits per heavy atom. The fourth-order valence-corrected chi connectivity index (χ4v) is 2.20. The van der Waals surface area contributed by atoms with Gasteiger partial charge in [-0.05, 0) is 42.0 Å². The molecule has 26 heavy (non-hydrogen) atoms. The van der Waals surface area contributed by atoms with E-state index in [1.54, 1.807) is 36.8 Å². The normalized spacial score (nSPS) is 11.7. The Kier molecular flexibility index (Phi) is 4.83. The van der Waals surface area contributed by atoms with Crippen LogP contribution in [0.25, 0.3) is 11.9 Å². The molecule has 1 N–H and O–H groups in total. The lowest BCUT2D eigenvalue weighted by Gasteiger charge is -2.08. The summed E-state index contributed by atoms with van der Waals surface area (Å²) in [5.41, 5.74) is 0.197. The van der Waals surface area contributed by atoms with Crippen LogP contribution < -0.4 is 5.32 Å². The van der Waals surface area contributed by atoms with Crippen molar-refractivity contribution in [2.45, 2.75) is 6.18 Å². The molecule has 8 heteroatoms. The van der Waals surface area contributed by atoms with Crippen LogP contribution in [0.5, 0.6) is 0 Å². The second-order valence-electron chi connectivity index (χ2n) is 5.27. The van der Waals surface area contributed by atoms with Gasteiger partial charge < -0.3 is 5.32 Å². The smallest absolute Gasteiger partial charge is 0.319 e. The number of nitrogens with zero attached hydrogens (tertiary/aromatic N) is 3. The SMILES string of the molecule is O=C(/C=C/c1ccc(C(F)(F)F)cc1)Nc1cccnc1-n1cccn1. The maximum atomic E-state index is 12.5. The maximum Gasteiger partial charge on any atom is 0.416 e. The van der Waals surface area contributed by atoms with Gasteiger partial charge in [-0.1, -0.05) is 12.1 Å². The molecule has 0 aliphatic rings. The van der Waals surface area contributed by atoms with Crippen molar-refractivity contribution in [2.24, 2.45) is 0 Å². The summed E-state index contributed by atoms with van der Waals surface area (Å²) in [6.45, 7) is 0. The van der Waals surface area contributed by atoms with Crippen LogP contribution in [-0.2, 0) is 11.0 Å². The molecule has 0 spiro atoms. The maximum absolute atomic E-state index is 12.5. The van der Waals surface area contributed by atoms with Gasteiger partial charge in [-0.3, -0.25) is 4.79 Å². The first-order valence-electron chi connectivity index (χ1n) is 7.55. The van der Waals surface area contributed by atoms with Gasteiger partial charge in [0.05, 0.1) is 11.3 Å². The van der Waals surface area contributed by atoms with Crippen LogP contribution in [0, 0.1) is 0 Å². The number of hydrogen-bond acceptors (Lipinski definition) is 3. The molecule has 0 unspecified atom stereocenters. The number of alkyl halides is 3. The van der Waals surface area contributed by atoms with Gasteiger partial charge in [-0.15, -0.1) is 0 Å². The number of amides is 1. The molecule has 1 amide bonds. The molecule has 0 atom stereocenters. The molecule has 0 radical (unpaired) electrons. The van der Waals surface area contributed by atoms with Crippen LogP contribution in [-0.4, -0.2) is 20.7 Å². The van der Waals surface area contributed by atoms with Gasteiger partial charge in [0.1, 0.15) is 0 Å². The number of benzene rings is 1. The summed E-state index contributed by atoms with van der Waals surface area (Å²) < 4.78 is 39.1. The van der Waals surface area contributed by atoms with E-state index in [1.807, 2.05) is 0 Å². The summed E-state index contributed by atoms with van der Waals surface area (Å²) in [5, 5.41) is 6.74. The Balaban J connectivity index is 1.71. The molecule has 2 heterocycles. The average molecular weight is 358 g/mol. The zero-order chi connectivity index (χ0) is 18.6. The minimum atomic E-state index is -4.39. The summed E-state index contributed by atoms with van der Waals surface area (Å²) >= 11 is 0. The van der Waals surface area contributed by atoms with Crippen LogP contribution in [0.3, 0.4) is 0 Å². The number of rotatable bonds is 4. The molecule has 0 saturated heterocycles. The van der Waals surface area contributed by atoms with Gasteiger partial charge in [0, 0.05) is 24.7 Å². The zero-order valence-corrected chi connectivity index (χ0v) is 13.3. The average Bonchev–Trinajstić information content (AvgIpc) is 3.14. The Labute approximate surface area is 146 Å². The van der Waals surface area contributed by atoms with Gasteiger partial charge in [0.15, 0.2) is 5.82 Å². The summed E-state index contributed by atoms with van der Waals surface area (Å²) in [4.78, 5) is 16.3. The number of halogens is 3. The van der Waals surface area contributed by atoms with E-state index in [-0.39, 0.29) is 0 Å². The van der Waals surface area contributed by atoms with Crippen LogP contribution in [0.1, 0.15) is 11.1 Å². The van der Waals surface area contributed by atoms with Crippen LogP contribution >= 0.6 is 0 Å². The van der Waals surface area contributed by atoms with E-state index < -0.39 is 17.6 Å². The quantitative estimate of drug-likeness (QED) is 0.719. The zero-order valence-electron chi connectivity index (χ0n) is 13.3. The van der Waals surface area contributed by atoms with Gasteiger partial charge in [0.2, 0.25) is 5.91 Å². The van der Waals surface area contributed by atoms with E-state index in [2.05, 4.69) is 15.4 Å². The largest absolute Gasteiger partial charge is 0.416 e. The fraction of sp³-hybridized carbons (Fsp3) is 0.0556. The van der Waals surface area contributed by atoms with Crippen molar-refractivity contribution >= 4 is 17.7 Å². The van der Waals surface area contributed by atoms with Crippen molar-refractivity contribution in [1.82, 2.24) is 14.8 Å². The third-order valence-electron chi connectivity index (χ3n) is 3.43. The Morgan fingerprint density at radius 3 is 2.50 bits per heavy atom. The predicted octanol–water partition coefficient (Wildman–Crippen LogP) is 3.94. The molecule has 132 valence electrons. The molecular weight excluding hydrogens is 345 g/mol. The number of pyridine rings is 1. The minimum absolute atomic E-state index is 0.439. The highest BCUT2D eigenvalue weighted by molar-refractivity contribution is 6.02. The topological polar surface area (TPSA) is 59.8 Å². The lowest BCUT2D eigenvalue weighted by atomic mass is 10.1. The van der Waals surface area contributed by atoms with Crippen molar-refractivity contribution in [3.63, 3.8) is 0 Å². The van der Waals surface area contributed by atoms with Crippen LogP contribution in [0.15, 0.2) is 67.1 Å². The predicted molar refractivity (Wildman–Crippen MR) is 90.5 cm³/mol. The molecule has 0 saturated carbocycles. The van der Waals surface area contributed by atoms with Crippen molar-refractivity contribution in [2.75, 3.05) is 5.32 Å². The van der Waals surface area contributed by atoms with E-state index in [0.29, 0.717) is 17.1 Å². The van der Waals surface area contributed by atoms with Crippen LogP contribution in [0.4, 0.5) is 18.9 Å². The fourth-order valence-electron chi connectivity index (χ4n) is 2.20. The number of hydrogen-bond donors (Lipinski definition) is 1. The number of aromatic nitrogens is 3. The molecular formula is C18H13F3N4O. The second-order valence-corrected chi connectivity index (χ2v) is 5.27. The summed E-state index contributed by atoms with van der Waals surface area (Å²) in [6.07, 6.45) is 3.14. The van der Waals surface area contributed by atoms with E-state index in [9.17, 15) is 18.0 Å². The Morgan fingerprint density at radius 1 is 1.08 bits per heavy atom. The Bertz CT molecular complexity index is 916. The molecule has 0 aliphatic heterocycles. The lowest BCUT2D eigenvalue weighted by Crippen LogP contribution is -2.12. The highest BCUT2D eigenvalue weighted by atomic mass is 19.4. The van der Waals surface area contributed by atoms with Crippen molar-refractivity contribution in [3.05, 3.63) is 78.3 Å². The standard InChI is InChI=1S/C18H13F3N4O/c19-18(20,21)14-7-4-13(5-8-14)6-9-16(26)24-15-3-1-10-22-17(15)25-12-2-11-23-25/h1-12H,(H,24,26)/b9-6+. The minimum Gasteiger partial charge on any atom is -0.319 e. The number of nitrogens with one attached hydrogen (secondary N) is 1. The molecule has 3 rings (SSSR count). The molecule has 5 nitrogen and oxygen atoms in total. The molecule has 2 aromatic heterocycles. The highest BCUT2D eigenvalue weighted by Gasteiger charge is 2.29. The third kappa shape index (κ3) is 4.15. The van der Waals surface area contributed by atoms with Crippen LogP contribution in [0.2, 0.25) is 0 Å². The van der Waals surface area contributed by atoms with E-state index in [1.165, 1.54) is 29.0 Å². The number of anilines is 1. The summed E-state index contributed by atoms with van der Waals surface area (Å²) in [7, 11) is 0. The molecule has 3 aromatic rings. The number of carbonyl (C=O) groups excluding carboxylic acids is 1. The molecule has 0 aliphatic carbocycles. The van der Waals surface area contributed by atoms with Crippen molar-refractivity contribution < 1.29 is 18.0 Å². The van der Waals surface area contributed by atoms with Gasteiger partial charge in [-0.2, -0.15) is 18.3 Å². The first-order valence-corrected chi connectivity index (χ1v) is 7.55. The third-order valence-corrected chi connectivity index (χ3v) is 3.43. The van der Waals surface area contributed by atoms with Gasteiger partial charge >= 0.3 is 6.18 Å². The first kappa shape index (κ1) is 17.4. The van der Waals surface area contributed by atoms with E-state index >= 15 is 0 Å². The first-order chi connectivity index (χ1) is 12.4. The monoisotopic (exact) mass is 358 g/mol. The lowest BCUT2D eigenvalue weighted by molar-refractivity contribution is -0.137. The molecule has 0 fully saturated rings. The molecule has 1 aromatic carbocycles. The summed E-state index contributed by atoms with van der Waals surface area (Å²) in [6, 6.07) is 9.60. The van der Waals surface area contributed by atoms with Crippen molar-refractivity contribution in [3.8, 4) is 5.82 Å². The molecule has 0 bridgehead atoms. The van der Waals surface area contributed by atoms with E-state index in [0.717, 1.165) is 12.1 Å². The van der Waals surface area contributed by atoms with E-state index in [4.69, 9.17) is 0 Å². The summed E-state index contributed by atoms with van der Waals surface area (Å²) in [5.74, 6) is 0.0140. The van der Waals surface area contributed by atoms with Gasteiger partial charge in [-0.25, -0.2) is 9.67 Å². The second kappa shape index (κ2) is 7.22. The highest BCUT2D eigenvalue weighted by Crippen LogP contribution is 2.29. The van der Waals surface area contributed by atoms with Gasteiger partial charge in [0.25, 0.3) is 0 Å². The van der Waals surface area contributed by atoms with Crippen molar-refractivity contribution in [1.29, 1.82) is 0 Å². The Hall–Kier alpha value is -3.42.